The van der Waals surface area contributed by atoms with E-state index in [1.54, 1.807) is 6.07 Å². The van der Waals surface area contributed by atoms with Gasteiger partial charge >= 0.3 is 0 Å². The van der Waals surface area contributed by atoms with Crippen molar-refractivity contribution in [2.45, 2.75) is 61.9 Å². The van der Waals surface area contributed by atoms with E-state index in [1.165, 1.54) is 6.07 Å². The van der Waals surface area contributed by atoms with Gasteiger partial charge in [-0.1, -0.05) is 29.6 Å². The van der Waals surface area contributed by atoms with Gasteiger partial charge in [0.1, 0.15) is 6.10 Å². The van der Waals surface area contributed by atoms with Gasteiger partial charge in [-0.15, -0.1) is 0 Å². The number of fused-ring (bicyclic) bond motifs is 1. The van der Waals surface area contributed by atoms with Gasteiger partial charge in [0.2, 0.25) is 0 Å². The summed E-state index contributed by atoms with van der Waals surface area (Å²) in [6, 6.07) is 3.22. The number of rotatable bonds is 3. The molecule has 1 aromatic rings. The van der Waals surface area contributed by atoms with Crippen molar-refractivity contribution in [2.24, 2.45) is 0 Å². The molecule has 0 heterocycles. The second-order valence-electron chi connectivity index (χ2n) is 6.51. The molecule has 2 aliphatic carbocycles. The highest BCUT2D eigenvalue weighted by Gasteiger charge is 2.49. The molecule has 128 valence electrons. The molecular weight excluding hydrogens is 326 g/mol. The van der Waals surface area contributed by atoms with Crippen molar-refractivity contribution in [3.8, 4) is 0 Å². The molecule has 0 spiro atoms. The SMILES string of the molecule is O=S([O-])Cc1ccc([C@H]2CCC[C@@H](O)C2)c2c1[C@H](O)C(F)(F)C2. The Kier molecular flexibility index (Phi) is 4.57. The van der Waals surface area contributed by atoms with Crippen molar-refractivity contribution in [1.29, 1.82) is 0 Å². The van der Waals surface area contributed by atoms with E-state index in [9.17, 15) is 27.8 Å². The molecular formula is C16H19F2O4S-. The van der Waals surface area contributed by atoms with Crippen molar-refractivity contribution in [1.82, 2.24) is 0 Å². The maximum atomic E-state index is 14.0. The Morgan fingerprint density at radius 1 is 1.30 bits per heavy atom. The zero-order valence-corrected chi connectivity index (χ0v) is 13.3. The highest BCUT2D eigenvalue weighted by atomic mass is 32.2. The number of aliphatic hydroxyl groups excluding tert-OH is 2. The molecule has 0 aromatic heterocycles. The molecule has 7 heteroatoms. The van der Waals surface area contributed by atoms with Crippen LogP contribution in [-0.4, -0.2) is 31.0 Å². The first kappa shape index (κ1) is 17.0. The summed E-state index contributed by atoms with van der Waals surface area (Å²) in [5, 5.41) is 19.8. The van der Waals surface area contributed by atoms with Crippen LogP contribution in [0.25, 0.3) is 0 Å². The fourth-order valence-corrected chi connectivity index (χ4v) is 4.40. The smallest absolute Gasteiger partial charge is 0.281 e. The minimum Gasteiger partial charge on any atom is -0.772 e. The van der Waals surface area contributed by atoms with Gasteiger partial charge in [0, 0.05) is 12.2 Å². The largest absolute Gasteiger partial charge is 0.772 e. The first-order valence-corrected chi connectivity index (χ1v) is 8.98. The van der Waals surface area contributed by atoms with Crippen molar-refractivity contribution in [2.75, 3.05) is 0 Å². The molecule has 1 fully saturated rings. The van der Waals surface area contributed by atoms with Crippen LogP contribution in [-0.2, 0) is 23.3 Å². The molecule has 0 saturated heterocycles. The molecule has 0 aliphatic heterocycles. The molecule has 0 radical (unpaired) electrons. The molecule has 1 aromatic carbocycles. The third kappa shape index (κ3) is 3.20. The summed E-state index contributed by atoms with van der Waals surface area (Å²) in [7, 11) is 0. The summed E-state index contributed by atoms with van der Waals surface area (Å²) in [5.41, 5.74) is 1.38. The molecule has 1 unspecified atom stereocenters. The highest BCUT2D eigenvalue weighted by molar-refractivity contribution is 7.78. The summed E-state index contributed by atoms with van der Waals surface area (Å²) in [4.78, 5) is 0. The zero-order chi connectivity index (χ0) is 16.8. The van der Waals surface area contributed by atoms with E-state index >= 15 is 0 Å². The molecule has 0 bridgehead atoms. The van der Waals surface area contributed by atoms with Crippen LogP contribution >= 0.6 is 0 Å². The minimum atomic E-state index is -3.29. The predicted molar refractivity (Wildman–Crippen MR) is 79.9 cm³/mol. The lowest BCUT2D eigenvalue weighted by molar-refractivity contribution is -0.0970. The van der Waals surface area contributed by atoms with Crippen LogP contribution in [0, 0.1) is 0 Å². The van der Waals surface area contributed by atoms with Gasteiger partial charge in [-0.05, 0) is 47.4 Å². The first-order valence-electron chi connectivity index (χ1n) is 7.74. The van der Waals surface area contributed by atoms with Crippen molar-refractivity contribution >= 4 is 11.1 Å². The van der Waals surface area contributed by atoms with E-state index < -0.39 is 35.6 Å². The lowest BCUT2D eigenvalue weighted by Gasteiger charge is -2.28. The van der Waals surface area contributed by atoms with Crippen LogP contribution in [0.5, 0.6) is 0 Å². The average Bonchev–Trinajstić information content (AvgIpc) is 2.69. The van der Waals surface area contributed by atoms with Gasteiger partial charge in [-0.2, -0.15) is 0 Å². The Morgan fingerprint density at radius 3 is 2.70 bits per heavy atom. The number of hydrogen-bond donors (Lipinski definition) is 2. The van der Waals surface area contributed by atoms with E-state index in [-0.39, 0.29) is 22.8 Å². The molecule has 4 nitrogen and oxygen atoms in total. The van der Waals surface area contributed by atoms with Gasteiger partial charge in [-0.25, -0.2) is 8.78 Å². The van der Waals surface area contributed by atoms with E-state index in [0.29, 0.717) is 18.4 Å². The lowest BCUT2D eigenvalue weighted by atomic mass is 9.79. The zero-order valence-electron chi connectivity index (χ0n) is 12.5. The van der Waals surface area contributed by atoms with Crippen molar-refractivity contribution < 1.29 is 27.8 Å². The molecule has 4 atom stereocenters. The highest BCUT2D eigenvalue weighted by Crippen LogP contribution is 2.48. The van der Waals surface area contributed by atoms with E-state index in [4.69, 9.17) is 0 Å². The second-order valence-corrected chi connectivity index (χ2v) is 7.41. The molecule has 23 heavy (non-hydrogen) atoms. The van der Waals surface area contributed by atoms with Gasteiger partial charge in [0.15, 0.2) is 0 Å². The average molecular weight is 345 g/mol. The van der Waals surface area contributed by atoms with Gasteiger partial charge in [-0.3, -0.25) is 4.21 Å². The van der Waals surface area contributed by atoms with E-state index in [2.05, 4.69) is 0 Å². The van der Waals surface area contributed by atoms with Crippen LogP contribution in [0.2, 0.25) is 0 Å². The molecule has 3 rings (SSSR count). The summed E-state index contributed by atoms with van der Waals surface area (Å²) in [6.45, 7) is 0. The molecule has 0 amide bonds. The maximum absolute atomic E-state index is 14.0. The number of hydrogen-bond acceptors (Lipinski definition) is 4. The standard InChI is InChI=1S/C16H20F2O4S/c17-16(18)7-13-12(9-2-1-3-11(19)6-9)5-4-10(8-23(21)22)14(13)15(16)20/h4-5,9,11,15,19-20H,1-3,6-8H2,(H,21,22)/p-1/t9-,11+,15-/m0/s1. The first-order chi connectivity index (χ1) is 10.8. The monoisotopic (exact) mass is 345 g/mol. The predicted octanol–water partition coefficient (Wildman–Crippen LogP) is 2.31. The van der Waals surface area contributed by atoms with Crippen molar-refractivity contribution in [3.05, 3.63) is 34.4 Å². The normalized spacial score (nSPS) is 30.9. The second kappa shape index (κ2) is 6.20. The molecule has 1 saturated carbocycles. The number of benzene rings is 1. The lowest BCUT2D eigenvalue weighted by Crippen LogP contribution is -2.22. The Hall–Kier alpha value is -0.890. The Labute approximate surface area is 135 Å². The number of halogens is 2. The Bertz CT molecular complexity index is 635. The maximum Gasteiger partial charge on any atom is 0.281 e. The van der Waals surface area contributed by atoms with Crippen LogP contribution in [0.4, 0.5) is 8.78 Å². The van der Waals surface area contributed by atoms with Gasteiger partial charge in [0.05, 0.1) is 6.10 Å². The van der Waals surface area contributed by atoms with Crippen LogP contribution < -0.4 is 0 Å². The summed E-state index contributed by atoms with van der Waals surface area (Å²) < 4.78 is 50.0. The van der Waals surface area contributed by atoms with Gasteiger partial charge in [0.25, 0.3) is 5.92 Å². The Morgan fingerprint density at radius 2 is 2.04 bits per heavy atom. The number of aliphatic hydroxyl groups is 2. The number of alkyl halides is 2. The fraction of sp³-hybridized carbons (Fsp3) is 0.625. The van der Waals surface area contributed by atoms with Crippen molar-refractivity contribution in [3.63, 3.8) is 0 Å². The third-order valence-corrected chi connectivity index (χ3v) is 5.48. The van der Waals surface area contributed by atoms with E-state index in [1.807, 2.05) is 0 Å². The summed E-state index contributed by atoms with van der Waals surface area (Å²) in [6.07, 6.45) is -0.130. The van der Waals surface area contributed by atoms with Crippen LogP contribution in [0.1, 0.15) is 60.0 Å². The third-order valence-electron chi connectivity index (χ3n) is 4.93. The molecule has 2 N–H and O–H groups in total. The van der Waals surface area contributed by atoms with Crippen LogP contribution in [0.15, 0.2) is 12.1 Å². The fourth-order valence-electron chi connectivity index (χ4n) is 3.89. The van der Waals surface area contributed by atoms with Crippen LogP contribution in [0.3, 0.4) is 0 Å². The van der Waals surface area contributed by atoms with E-state index in [0.717, 1.165) is 18.4 Å². The molecule has 2 aliphatic rings. The minimum absolute atomic E-state index is 0.0274. The topological polar surface area (TPSA) is 80.6 Å². The summed E-state index contributed by atoms with van der Waals surface area (Å²) in [5.74, 6) is -3.70. The summed E-state index contributed by atoms with van der Waals surface area (Å²) >= 11 is -2.41. The Balaban J connectivity index is 2.05. The quantitative estimate of drug-likeness (QED) is 0.824. The van der Waals surface area contributed by atoms with Gasteiger partial charge < -0.3 is 14.8 Å².